The molecule has 2 saturated heterocycles. The van der Waals surface area contributed by atoms with E-state index < -0.39 is 97.1 Å². The number of ether oxygens (including phenoxy) is 2. The molecule has 2 aliphatic heterocycles. The van der Waals surface area contributed by atoms with Gasteiger partial charge in [0.15, 0.2) is 9.84 Å². The van der Waals surface area contributed by atoms with E-state index >= 15 is 0 Å². The molecule has 0 saturated carbocycles. The van der Waals surface area contributed by atoms with Crippen molar-refractivity contribution in [3.05, 3.63) is 101 Å². The Bertz CT molecular complexity index is 1760. The van der Waals surface area contributed by atoms with Crippen molar-refractivity contribution < 1.29 is 67.3 Å². The number of hydrogen-bond donors (Lipinski definition) is 1. The number of likely N-dealkylation sites (tertiary alicyclic amines) is 1. The lowest BCUT2D eigenvalue weighted by Gasteiger charge is -2.38. The van der Waals surface area contributed by atoms with E-state index in [0.29, 0.717) is 36.4 Å². The predicted octanol–water partition coefficient (Wildman–Crippen LogP) is 6.08. The first-order chi connectivity index (χ1) is 22.8. The summed E-state index contributed by atoms with van der Waals surface area (Å²) in [6.07, 6.45) is -13.1. The maximum Gasteiger partial charge on any atom is 0.430 e. The van der Waals surface area contributed by atoms with Gasteiger partial charge in [-0.25, -0.2) is 21.6 Å². The van der Waals surface area contributed by atoms with Gasteiger partial charge in [0.05, 0.1) is 11.5 Å². The Kier molecular flexibility index (Phi) is 9.64. The fourth-order valence-electron chi connectivity index (χ4n) is 6.22. The minimum Gasteiger partial charge on any atom is -0.381 e. The van der Waals surface area contributed by atoms with Crippen molar-refractivity contribution in [2.24, 2.45) is 0 Å². The van der Waals surface area contributed by atoms with Crippen molar-refractivity contribution in [3.8, 4) is 0 Å². The van der Waals surface area contributed by atoms with Crippen LogP contribution < -0.4 is 0 Å². The highest BCUT2D eigenvalue weighted by atomic mass is 32.2. The number of amides is 1. The van der Waals surface area contributed by atoms with Crippen LogP contribution in [0, 0.1) is 17.5 Å². The molecule has 266 valence electrons. The molecule has 1 atom stereocenters. The molecule has 0 aliphatic carbocycles. The van der Waals surface area contributed by atoms with E-state index in [2.05, 4.69) is 4.74 Å². The third-order valence-corrected chi connectivity index (χ3v) is 11.5. The largest absolute Gasteiger partial charge is 0.430 e. The van der Waals surface area contributed by atoms with Crippen LogP contribution in [0.5, 0.6) is 0 Å². The Labute approximate surface area is 274 Å². The van der Waals surface area contributed by atoms with Gasteiger partial charge < -0.3 is 19.5 Å². The highest BCUT2D eigenvalue weighted by Gasteiger charge is 2.73. The lowest BCUT2D eigenvalue weighted by molar-refractivity contribution is -0.392. The van der Waals surface area contributed by atoms with Gasteiger partial charge in [-0.05, 0) is 48.4 Å². The minimum absolute atomic E-state index is 0.0301. The molecule has 3 aromatic rings. The summed E-state index contributed by atoms with van der Waals surface area (Å²) in [7, 11) is -4.67. The lowest BCUT2D eigenvalue weighted by atomic mass is 9.88. The SMILES string of the molecule is O=C(N1CCC(c2ccc(C(OCc3c(F)cccc3F)(C(F)(F)F)C(F)(F)F)cc2)(S(=O)(=O)c2ccc(F)cc2)C1)C1(O)CCOCC1. The van der Waals surface area contributed by atoms with Gasteiger partial charge in [-0.15, -0.1) is 0 Å². The van der Waals surface area contributed by atoms with Crippen LogP contribution in [0.4, 0.5) is 39.5 Å². The van der Waals surface area contributed by atoms with Crippen LogP contribution in [0.1, 0.15) is 36.0 Å². The summed E-state index contributed by atoms with van der Waals surface area (Å²) in [6.45, 7) is -2.67. The number of alkyl halides is 6. The molecule has 7 nitrogen and oxygen atoms in total. The van der Waals surface area contributed by atoms with Crippen LogP contribution in [0.15, 0.2) is 71.6 Å². The molecule has 1 amide bonds. The number of carbonyl (C=O) groups is 1. The number of rotatable bonds is 8. The zero-order valence-corrected chi connectivity index (χ0v) is 26.1. The quantitative estimate of drug-likeness (QED) is 0.224. The molecule has 2 aliphatic rings. The third kappa shape index (κ3) is 6.30. The molecule has 5 rings (SSSR count). The molecular weight excluding hydrogens is 697 g/mol. The second kappa shape index (κ2) is 12.9. The summed E-state index contributed by atoms with van der Waals surface area (Å²) >= 11 is 0. The van der Waals surface area contributed by atoms with Crippen molar-refractivity contribution in [1.82, 2.24) is 4.90 Å². The van der Waals surface area contributed by atoms with Gasteiger partial charge in [0.1, 0.15) is 27.8 Å². The van der Waals surface area contributed by atoms with Crippen molar-refractivity contribution >= 4 is 15.7 Å². The van der Waals surface area contributed by atoms with E-state index in [-0.39, 0.29) is 38.2 Å². The number of hydrogen-bond acceptors (Lipinski definition) is 6. The van der Waals surface area contributed by atoms with Gasteiger partial charge in [-0.3, -0.25) is 4.79 Å². The summed E-state index contributed by atoms with van der Waals surface area (Å²) in [6, 6.07) is 7.69. The van der Waals surface area contributed by atoms with Crippen LogP contribution in [0.3, 0.4) is 0 Å². The van der Waals surface area contributed by atoms with Crippen molar-refractivity contribution in [2.75, 3.05) is 26.3 Å². The maximum absolute atomic E-state index is 14.5. The molecule has 3 aromatic carbocycles. The van der Waals surface area contributed by atoms with Crippen LogP contribution in [0.2, 0.25) is 0 Å². The number of carbonyl (C=O) groups excluding carboxylic acids is 1. The Balaban J connectivity index is 1.61. The second-order valence-corrected chi connectivity index (χ2v) is 14.1. The molecule has 0 bridgehead atoms. The molecule has 1 unspecified atom stereocenters. The van der Waals surface area contributed by atoms with E-state index in [0.717, 1.165) is 35.2 Å². The topological polar surface area (TPSA) is 93.1 Å². The Morgan fingerprint density at radius 1 is 0.837 bits per heavy atom. The number of aliphatic hydroxyl groups is 1. The van der Waals surface area contributed by atoms with E-state index in [9.17, 15) is 57.8 Å². The van der Waals surface area contributed by atoms with E-state index in [4.69, 9.17) is 4.74 Å². The first kappa shape index (κ1) is 36.6. The number of halogens is 9. The Hall–Kier alpha value is -3.67. The van der Waals surface area contributed by atoms with E-state index in [1.165, 1.54) is 0 Å². The smallest absolute Gasteiger partial charge is 0.381 e. The minimum atomic E-state index is -6.25. The van der Waals surface area contributed by atoms with Crippen LogP contribution in [-0.2, 0) is 41.1 Å². The molecule has 2 heterocycles. The van der Waals surface area contributed by atoms with Crippen LogP contribution in [0.25, 0.3) is 0 Å². The zero-order valence-electron chi connectivity index (χ0n) is 25.3. The molecule has 0 radical (unpaired) electrons. The molecule has 2 fully saturated rings. The average molecular weight is 726 g/mol. The highest BCUT2D eigenvalue weighted by Crippen LogP contribution is 2.54. The number of nitrogens with zero attached hydrogens (tertiary/aromatic N) is 1. The van der Waals surface area contributed by atoms with Crippen molar-refractivity contribution in [2.45, 2.75) is 59.1 Å². The Morgan fingerprint density at radius 2 is 1.39 bits per heavy atom. The lowest BCUT2D eigenvalue weighted by Crippen LogP contribution is -2.56. The summed E-state index contributed by atoms with van der Waals surface area (Å²) < 4.78 is 165. The predicted molar refractivity (Wildman–Crippen MR) is 153 cm³/mol. The first-order valence-corrected chi connectivity index (χ1v) is 16.2. The summed E-state index contributed by atoms with van der Waals surface area (Å²) in [5.74, 6) is -4.54. The average Bonchev–Trinajstić information content (AvgIpc) is 3.49. The summed E-state index contributed by atoms with van der Waals surface area (Å²) in [4.78, 5) is 14.0. The summed E-state index contributed by atoms with van der Waals surface area (Å²) in [5.41, 5.74) is -10.1. The highest BCUT2D eigenvalue weighted by molar-refractivity contribution is 7.92. The monoisotopic (exact) mass is 725 g/mol. The standard InChI is InChI=1S/C32H28F9NO6S/c33-22-8-10-23(11-9-22)49(45,46)29(12-15-42(19-29)27(43)28(44)13-16-47-17-14-28)20-4-6-21(7-5-20)30(31(36,37)38,32(39,40)41)48-18-24-25(34)2-1-3-26(24)35/h1-11,44H,12-19H2. The summed E-state index contributed by atoms with van der Waals surface area (Å²) in [5, 5.41) is 11.0. The first-order valence-electron chi connectivity index (χ1n) is 14.7. The number of sulfone groups is 1. The van der Waals surface area contributed by atoms with Gasteiger partial charge in [0, 0.05) is 50.3 Å². The molecule has 17 heteroatoms. The molecule has 0 spiro atoms. The zero-order chi connectivity index (χ0) is 36.0. The van der Waals surface area contributed by atoms with E-state index in [1.54, 1.807) is 0 Å². The van der Waals surface area contributed by atoms with Crippen LogP contribution >= 0.6 is 0 Å². The van der Waals surface area contributed by atoms with Gasteiger partial charge in [-0.1, -0.05) is 30.3 Å². The Morgan fingerprint density at radius 3 is 1.92 bits per heavy atom. The maximum atomic E-state index is 14.5. The number of benzene rings is 3. The fraction of sp³-hybridized carbons (Fsp3) is 0.406. The fourth-order valence-corrected chi connectivity index (χ4v) is 8.29. The van der Waals surface area contributed by atoms with Gasteiger partial charge in [0.2, 0.25) is 0 Å². The van der Waals surface area contributed by atoms with Crippen LogP contribution in [-0.4, -0.2) is 68.6 Å². The normalized spacial score (nSPS) is 20.4. The molecular formula is C32H28F9NO6S. The molecule has 1 N–H and O–H groups in total. The van der Waals surface area contributed by atoms with E-state index in [1.807, 2.05) is 0 Å². The van der Waals surface area contributed by atoms with Gasteiger partial charge in [0.25, 0.3) is 11.5 Å². The van der Waals surface area contributed by atoms with Crippen molar-refractivity contribution in [1.29, 1.82) is 0 Å². The molecule has 0 aromatic heterocycles. The second-order valence-electron chi connectivity index (χ2n) is 11.8. The van der Waals surface area contributed by atoms with Gasteiger partial charge in [-0.2, -0.15) is 26.3 Å². The molecule has 49 heavy (non-hydrogen) atoms. The van der Waals surface area contributed by atoms with Gasteiger partial charge >= 0.3 is 12.4 Å². The van der Waals surface area contributed by atoms with Crippen molar-refractivity contribution in [3.63, 3.8) is 0 Å². The third-order valence-electron chi connectivity index (χ3n) is 8.99.